The molecule has 0 N–H and O–H groups in total. The average molecular weight is 278 g/mol. The molecule has 1 aliphatic heterocycles. The maximum absolute atomic E-state index is 12.6. The molecule has 1 amide bonds. The van der Waals surface area contributed by atoms with E-state index in [-0.39, 0.29) is 5.91 Å². The van der Waals surface area contributed by atoms with Crippen molar-refractivity contribution in [1.82, 2.24) is 4.90 Å². The highest BCUT2D eigenvalue weighted by Crippen LogP contribution is 2.26. The normalized spacial score (nSPS) is 17.0. The largest absolute Gasteiger partial charge is 0.290 e. The van der Waals surface area contributed by atoms with Crippen LogP contribution < -0.4 is 0 Å². The van der Waals surface area contributed by atoms with Gasteiger partial charge in [0.2, 0.25) is 0 Å². The van der Waals surface area contributed by atoms with Crippen LogP contribution in [0.5, 0.6) is 0 Å². The molecule has 1 heterocycles. The lowest BCUT2D eigenvalue weighted by Crippen LogP contribution is -2.38. The minimum atomic E-state index is -0.694. The van der Waals surface area contributed by atoms with Crippen molar-refractivity contribution < 1.29 is 4.79 Å². The number of nitrogens with zero attached hydrogens (tertiary/aromatic N) is 2. The molecule has 2 aromatic rings. The van der Waals surface area contributed by atoms with Crippen LogP contribution in [-0.4, -0.2) is 22.2 Å². The molecule has 1 aliphatic rings. The van der Waals surface area contributed by atoms with Gasteiger partial charge in [0, 0.05) is 5.56 Å². The number of amides is 1. The van der Waals surface area contributed by atoms with E-state index in [1.807, 2.05) is 74.5 Å². The average Bonchev–Trinajstić information content (AvgIpc) is 2.73. The van der Waals surface area contributed by atoms with Crippen LogP contribution >= 0.6 is 0 Å². The SMILES string of the molecule is CC1(C)N=C(c2ccccc2)N(Cc2ccccc2)C1=O. The Kier molecular flexibility index (Phi) is 3.34. The number of carbonyl (C=O) groups is 1. The van der Waals surface area contributed by atoms with Gasteiger partial charge in [0.15, 0.2) is 0 Å². The Morgan fingerprint density at radius 3 is 2.14 bits per heavy atom. The lowest BCUT2D eigenvalue weighted by atomic mass is 10.1. The van der Waals surface area contributed by atoms with Crippen LogP contribution in [0.2, 0.25) is 0 Å². The number of hydrogen-bond acceptors (Lipinski definition) is 2. The minimum Gasteiger partial charge on any atom is -0.290 e. The Bertz CT molecular complexity index is 675. The van der Waals surface area contributed by atoms with Crippen molar-refractivity contribution in [3.8, 4) is 0 Å². The second-order valence-corrected chi connectivity index (χ2v) is 5.74. The smallest absolute Gasteiger partial charge is 0.255 e. The first-order valence-corrected chi connectivity index (χ1v) is 7.09. The van der Waals surface area contributed by atoms with Gasteiger partial charge in [0.1, 0.15) is 11.4 Å². The van der Waals surface area contributed by atoms with Crippen molar-refractivity contribution in [3.63, 3.8) is 0 Å². The van der Waals surface area contributed by atoms with Gasteiger partial charge < -0.3 is 0 Å². The van der Waals surface area contributed by atoms with E-state index in [1.54, 1.807) is 4.90 Å². The molecule has 0 atom stereocenters. The number of benzene rings is 2. The molecule has 3 heteroatoms. The molecule has 0 radical (unpaired) electrons. The summed E-state index contributed by atoms with van der Waals surface area (Å²) < 4.78 is 0. The molecule has 3 nitrogen and oxygen atoms in total. The highest BCUT2D eigenvalue weighted by molar-refractivity contribution is 6.14. The lowest BCUT2D eigenvalue weighted by Gasteiger charge is -2.21. The number of amidine groups is 1. The second kappa shape index (κ2) is 5.17. The Labute approximate surface area is 124 Å². The van der Waals surface area contributed by atoms with Crippen molar-refractivity contribution in [2.24, 2.45) is 4.99 Å². The molecule has 0 aromatic heterocycles. The quantitative estimate of drug-likeness (QED) is 0.848. The topological polar surface area (TPSA) is 32.7 Å². The number of carbonyl (C=O) groups excluding carboxylic acids is 1. The van der Waals surface area contributed by atoms with E-state index in [9.17, 15) is 4.79 Å². The summed E-state index contributed by atoms with van der Waals surface area (Å²) in [5.74, 6) is 0.805. The van der Waals surface area contributed by atoms with E-state index in [0.29, 0.717) is 6.54 Å². The van der Waals surface area contributed by atoms with Gasteiger partial charge in [-0.25, -0.2) is 0 Å². The van der Waals surface area contributed by atoms with E-state index in [1.165, 1.54) is 0 Å². The third-order valence-electron chi connectivity index (χ3n) is 3.63. The molecule has 0 fully saturated rings. The monoisotopic (exact) mass is 278 g/mol. The van der Waals surface area contributed by atoms with Gasteiger partial charge in [-0.05, 0) is 19.4 Å². The van der Waals surface area contributed by atoms with Crippen LogP contribution in [0.4, 0.5) is 0 Å². The maximum Gasteiger partial charge on any atom is 0.255 e. The Morgan fingerprint density at radius 2 is 1.52 bits per heavy atom. The summed E-state index contributed by atoms with van der Waals surface area (Å²) >= 11 is 0. The summed E-state index contributed by atoms with van der Waals surface area (Å²) in [6.07, 6.45) is 0. The van der Waals surface area contributed by atoms with Gasteiger partial charge in [-0.3, -0.25) is 14.7 Å². The summed E-state index contributed by atoms with van der Waals surface area (Å²) in [5, 5.41) is 0. The van der Waals surface area contributed by atoms with Crippen LogP contribution in [0.25, 0.3) is 0 Å². The van der Waals surface area contributed by atoms with Crippen molar-refractivity contribution in [1.29, 1.82) is 0 Å². The molecule has 106 valence electrons. The Hall–Kier alpha value is -2.42. The highest BCUT2D eigenvalue weighted by atomic mass is 16.2. The lowest BCUT2D eigenvalue weighted by molar-refractivity contribution is -0.130. The fraction of sp³-hybridized carbons (Fsp3) is 0.222. The van der Waals surface area contributed by atoms with Crippen LogP contribution in [0, 0.1) is 0 Å². The van der Waals surface area contributed by atoms with E-state index in [4.69, 9.17) is 0 Å². The first-order chi connectivity index (χ1) is 10.1. The van der Waals surface area contributed by atoms with Crippen LogP contribution in [0.15, 0.2) is 65.7 Å². The number of aliphatic imine (C=N–C) groups is 1. The number of rotatable bonds is 3. The van der Waals surface area contributed by atoms with Crippen LogP contribution in [0.3, 0.4) is 0 Å². The van der Waals surface area contributed by atoms with Crippen molar-refractivity contribution in [2.75, 3.05) is 0 Å². The summed E-state index contributed by atoms with van der Waals surface area (Å²) in [6.45, 7) is 4.28. The predicted molar refractivity (Wildman–Crippen MR) is 84.1 cm³/mol. The van der Waals surface area contributed by atoms with Crippen LogP contribution in [-0.2, 0) is 11.3 Å². The Morgan fingerprint density at radius 1 is 0.952 bits per heavy atom. The fourth-order valence-corrected chi connectivity index (χ4v) is 2.52. The zero-order valence-electron chi connectivity index (χ0n) is 12.3. The number of hydrogen-bond donors (Lipinski definition) is 0. The van der Waals surface area contributed by atoms with Gasteiger partial charge >= 0.3 is 0 Å². The standard InChI is InChI=1S/C18H18N2O/c1-18(2)17(21)20(13-14-9-5-3-6-10-14)16(19-18)15-11-7-4-8-12-15/h3-12H,13H2,1-2H3. The molecule has 0 bridgehead atoms. The van der Waals surface area contributed by atoms with E-state index >= 15 is 0 Å². The zero-order valence-corrected chi connectivity index (χ0v) is 12.3. The molecular formula is C18H18N2O. The third-order valence-corrected chi connectivity index (χ3v) is 3.63. The first-order valence-electron chi connectivity index (χ1n) is 7.09. The van der Waals surface area contributed by atoms with Crippen molar-refractivity contribution in [2.45, 2.75) is 25.9 Å². The fourth-order valence-electron chi connectivity index (χ4n) is 2.52. The second-order valence-electron chi connectivity index (χ2n) is 5.74. The Balaban J connectivity index is 1.97. The highest BCUT2D eigenvalue weighted by Gasteiger charge is 2.41. The van der Waals surface area contributed by atoms with Crippen molar-refractivity contribution in [3.05, 3.63) is 71.8 Å². The third kappa shape index (κ3) is 2.59. The summed E-state index contributed by atoms with van der Waals surface area (Å²) in [4.78, 5) is 19.1. The van der Waals surface area contributed by atoms with Gasteiger partial charge in [-0.2, -0.15) is 0 Å². The minimum absolute atomic E-state index is 0.0465. The summed E-state index contributed by atoms with van der Waals surface area (Å²) in [6, 6.07) is 19.9. The molecule has 2 aromatic carbocycles. The van der Waals surface area contributed by atoms with Crippen molar-refractivity contribution >= 4 is 11.7 Å². The molecule has 3 rings (SSSR count). The molecule has 0 unspecified atom stereocenters. The zero-order chi connectivity index (χ0) is 14.9. The summed E-state index contributed by atoms with van der Waals surface area (Å²) in [5.41, 5.74) is 1.39. The molecule has 0 saturated carbocycles. The molecule has 0 spiro atoms. The van der Waals surface area contributed by atoms with Crippen LogP contribution in [0.1, 0.15) is 25.0 Å². The van der Waals surface area contributed by atoms with E-state index < -0.39 is 5.54 Å². The molecule has 0 aliphatic carbocycles. The van der Waals surface area contributed by atoms with Gasteiger partial charge in [-0.1, -0.05) is 60.7 Å². The first kappa shape index (κ1) is 13.6. The van der Waals surface area contributed by atoms with Gasteiger partial charge in [-0.15, -0.1) is 0 Å². The molecular weight excluding hydrogens is 260 g/mol. The van der Waals surface area contributed by atoms with Gasteiger partial charge in [0.05, 0.1) is 6.54 Å². The summed E-state index contributed by atoms with van der Waals surface area (Å²) in [7, 11) is 0. The van der Waals surface area contributed by atoms with Gasteiger partial charge in [0.25, 0.3) is 5.91 Å². The van der Waals surface area contributed by atoms with E-state index in [2.05, 4.69) is 4.99 Å². The maximum atomic E-state index is 12.6. The molecule has 21 heavy (non-hydrogen) atoms. The predicted octanol–water partition coefficient (Wildman–Crippen LogP) is 3.25. The molecule has 0 saturated heterocycles. The van der Waals surface area contributed by atoms with E-state index in [0.717, 1.165) is 17.0 Å².